The van der Waals surface area contributed by atoms with Crippen molar-refractivity contribution in [2.24, 2.45) is 0 Å². The maximum Gasteiger partial charge on any atom is 0.323 e. The van der Waals surface area contributed by atoms with E-state index in [4.69, 9.17) is 9.84 Å². The van der Waals surface area contributed by atoms with E-state index in [1.54, 1.807) is 12.0 Å². The van der Waals surface area contributed by atoms with E-state index >= 15 is 0 Å². The van der Waals surface area contributed by atoms with E-state index in [1.807, 2.05) is 13.8 Å². The molecule has 0 aliphatic carbocycles. The number of carboxylic acids is 1. The van der Waals surface area contributed by atoms with Crippen molar-refractivity contribution in [1.82, 2.24) is 4.98 Å². The smallest absolute Gasteiger partial charge is 0.323 e. The van der Waals surface area contributed by atoms with Gasteiger partial charge in [-0.1, -0.05) is 0 Å². The van der Waals surface area contributed by atoms with Crippen LogP contribution < -0.4 is 4.90 Å². The summed E-state index contributed by atoms with van der Waals surface area (Å²) in [6.07, 6.45) is 0. The standard InChI is InChI=1S/C10H16N2O3S/c1-7-8(2)16-10(11-7)12(4-5-15-3)6-9(13)14/h4-6H2,1-3H3,(H,13,14). The number of rotatable bonds is 6. The van der Waals surface area contributed by atoms with Crippen molar-refractivity contribution >= 4 is 22.4 Å². The third kappa shape index (κ3) is 3.46. The second-order valence-corrected chi connectivity index (χ2v) is 4.63. The number of aliphatic carboxylic acids is 1. The Morgan fingerprint density at radius 3 is 2.69 bits per heavy atom. The van der Waals surface area contributed by atoms with Gasteiger partial charge in [-0.2, -0.15) is 0 Å². The Labute approximate surface area is 98.7 Å². The zero-order valence-electron chi connectivity index (χ0n) is 9.69. The van der Waals surface area contributed by atoms with E-state index in [-0.39, 0.29) is 6.54 Å². The first-order valence-electron chi connectivity index (χ1n) is 4.94. The van der Waals surface area contributed by atoms with Gasteiger partial charge in [0.2, 0.25) is 0 Å². The van der Waals surface area contributed by atoms with Gasteiger partial charge in [0, 0.05) is 18.5 Å². The number of thiazole rings is 1. The van der Waals surface area contributed by atoms with Gasteiger partial charge in [-0.05, 0) is 13.8 Å². The lowest BCUT2D eigenvalue weighted by atomic mass is 10.4. The molecule has 0 unspecified atom stereocenters. The Balaban J connectivity index is 2.78. The molecule has 0 aliphatic rings. The number of aromatic nitrogens is 1. The van der Waals surface area contributed by atoms with Gasteiger partial charge in [0.1, 0.15) is 6.54 Å². The summed E-state index contributed by atoms with van der Waals surface area (Å²) in [4.78, 5) is 17.9. The Hall–Kier alpha value is -1.14. The summed E-state index contributed by atoms with van der Waals surface area (Å²) >= 11 is 1.51. The summed E-state index contributed by atoms with van der Waals surface area (Å²) < 4.78 is 4.95. The first-order chi connectivity index (χ1) is 7.54. The van der Waals surface area contributed by atoms with Crippen LogP contribution in [0.2, 0.25) is 0 Å². The van der Waals surface area contributed by atoms with Crippen molar-refractivity contribution in [3.8, 4) is 0 Å². The summed E-state index contributed by atoms with van der Waals surface area (Å²) in [5, 5.41) is 9.56. The lowest BCUT2D eigenvalue weighted by molar-refractivity contribution is -0.135. The largest absolute Gasteiger partial charge is 0.480 e. The molecule has 0 spiro atoms. The Morgan fingerprint density at radius 2 is 2.25 bits per heavy atom. The van der Waals surface area contributed by atoms with Crippen LogP contribution in [0.25, 0.3) is 0 Å². The molecule has 1 N–H and O–H groups in total. The molecule has 0 fully saturated rings. The van der Waals surface area contributed by atoms with Gasteiger partial charge in [-0.15, -0.1) is 11.3 Å². The minimum atomic E-state index is -0.860. The number of hydrogen-bond acceptors (Lipinski definition) is 5. The number of nitrogens with zero attached hydrogens (tertiary/aromatic N) is 2. The maximum absolute atomic E-state index is 10.7. The molecule has 0 amide bonds. The van der Waals surface area contributed by atoms with E-state index in [9.17, 15) is 4.79 Å². The monoisotopic (exact) mass is 244 g/mol. The fourth-order valence-electron chi connectivity index (χ4n) is 1.20. The van der Waals surface area contributed by atoms with E-state index in [1.165, 1.54) is 11.3 Å². The van der Waals surface area contributed by atoms with Gasteiger partial charge in [0.25, 0.3) is 0 Å². The van der Waals surface area contributed by atoms with Crippen molar-refractivity contribution in [2.75, 3.05) is 31.7 Å². The highest BCUT2D eigenvalue weighted by molar-refractivity contribution is 7.15. The van der Waals surface area contributed by atoms with Crippen LogP contribution in [0.3, 0.4) is 0 Å². The molecular weight excluding hydrogens is 228 g/mol. The van der Waals surface area contributed by atoms with Crippen LogP contribution in [-0.2, 0) is 9.53 Å². The molecule has 1 aromatic rings. The molecule has 6 heteroatoms. The maximum atomic E-state index is 10.7. The van der Waals surface area contributed by atoms with Crippen LogP contribution in [0.5, 0.6) is 0 Å². The van der Waals surface area contributed by atoms with Crippen molar-refractivity contribution in [2.45, 2.75) is 13.8 Å². The summed E-state index contributed by atoms with van der Waals surface area (Å²) in [6, 6.07) is 0. The van der Waals surface area contributed by atoms with Crippen LogP contribution in [0.15, 0.2) is 0 Å². The second kappa shape index (κ2) is 5.81. The minimum absolute atomic E-state index is 0.0459. The molecule has 1 rings (SSSR count). The Kier molecular flexibility index (Phi) is 4.70. The fraction of sp³-hybridized carbons (Fsp3) is 0.600. The molecule has 0 bridgehead atoms. The molecule has 0 radical (unpaired) electrons. The van der Waals surface area contributed by atoms with Gasteiger partial charge < -0.3 is 14.7 Å². The third-order valence-electron chi connectivity index (χ3n) is 2.18. The molecule has 5 nitrogen and oxygen atoms in total. The van der Waals surface area contributed by atoms with Crippen molar-refractivity contribution < 1.29 is 14.6 Å². The van der Waals surface area contributed by atoms with Crippen LogP contribution in [0, 0.1) is 13.8 Å². The average molecular weight is 244 g/mol. The molecule has 0 saturated heterocycles. The van der Waals surface area contributed by atoms with E-state index in [0.29, 0.717) is 13.2 Å². The SMILES string of the molecule is COCCN(CC(=O)O)c1nc(C)c(C)s1. The topological polar surface area (TPSA) is 62.7 Å². The first-order valence-corrected chi connectivity index (χ1v) is 5.76. The molecule has 0 aliphatic heterocycles. The number of ether oxygens (including phenoxy) is 1. The van der Waals surface area contributed by atoms with Crippen molar-refractivity contribution in [1.29, 1.82) is 0 Å². The lowest BCUT2D eigenvalue weighted by Crippen LogP contribution is -2.32. The van der Waals surface area contributed by atoms with Gasteiger partial charge >= 0.3 is 5.97 Å². The fourth-order valence-corrected chi connectivity index (χ4v) is 2.13. The highest BCUT2D eigenvalue weighted by Crippen LogP contribution is 2.24. The predicted octanol–water partition coefficient (Wildman–Crippen LogP) is 1.30. The minimum Gasteiger partial charge on any atom is -0.480 e. The third-order valence-corrected chi connectivity index (χ3v) is 3.31. The zero-order valence-corrected chi connectivity index (χ0v) is 10.5. The number of aryl methyl sites for hydroxylation is 2. The Morgan fingerprint density at radius 1 is 1.56 bits per heavy atom. The molecule has 0 atom stereocenters. The predicted molar refractivity (Wildman–Crippen MR) is 63.3 cm³/mol. The quantitative estimate of drug-likeness (QED) is 0.817. The molecule has 16 heavy (non-hydrogen) atoms. The average Bonchev–Trinajstić information content (AvgIpc) is 2.53. The number of hydrogen-bond donors (Lipinski definition) is 1. The lowest BCUT2D eigenvalue weighted by Gasteiger charge is -2.18. The molecule has 0 saturated carbocycles. The van der Waals surface area contributed by atoms with E-state index in [0.717, 1.165) is 15.7 Å². The second-order valence-electron chi connectivity index (χ2n) is 3.45. The van der Waals surface area contributed by atoms with Crippen molar-refractivity contribution in [3.63, 3.8) is 0 Å². The van der Waals surface area contributed by atoms with Gasteiger partial charge in [0.15, 0.2) is 5.13 Å². The van der Waals surface area contributed by atoms with E-state index in [2.05, 4.69) is 4.98 Å². The number of carbonyl (C=O) groups is 1. The number of anilines is 1. The number of carboxylic acid groups (broad SMARTS) is 1. The summed E-state index contributed by atoms with van der Waals surface area (Å²) in [5.41, 5.74) is 0.952. The Bertz CT molecular complexity index is 345. The zero-order chi connectivity index (χ0) is 12.1. The van der Waals surface area contributed by atoms with Crippen LogP contribution in [0.4, 0.5) is 5.13 Å². The van der Waals surface area contributed by atoms with E-state index < -0.39 is 5.97 Å². The molecule has 0 aromatic carbocycles. The molecular formula is C10H16N2O3S. The molecule has 90 valence electrons. The van der Waals surface area contributed by atoms with Crippen LogP contribution in [-0.4, -0.2) is 42.9 Å². The summed E-state index contributed by atoms with van der Waals surface area (Å²) in [7, 11) is 1.59. The number of methoxy groups -OCH3 is 1. The van der Waals surface area contributed by atoms with Crippen molar-refractivity contribution in [3.05, 3.63) is 10.6 Å². The first kappa shape index (κ1) is 12.9. The summed E-state index contributed by atoms with van der Waals surface area (Å²) in [6.45, 7) is 4.88. The highest BCUT2D eigenvalue weighted by atomic mass is 32.1. The van der Waals surface area contributed by atoms with Gasteiger partial charge in [0.05, 0.1) is 12.3 Å². The molecule has 1 aromatic heterocycles. The normalized spacial score (nSPS) is 10.4. The summed E-state index contributed by atoms with van der Waals surface area (Å²) in [5.74, 6) is -0.860. The van der Waals surface area contributed by atoms with Crippen LogP contribution in [0.1, 0.15) is 10.6 Å². The van der Waals surface area contributed by atoms with Crippen LogP contribution >= 0.6 is 11.3 Å². The highest BCUT2D eigenvalue weighted by Gasteiger charge is 2.15. The van der Waals surface area contributed by atoms with Gasteiger partial charge in [-0.3, -0.25) is 4.79 Å². The van der Waals surface area contributed by atoms with Gasteiger partial charge in [-0.25, -0.2) is 4.98 Å². The molecule has 1 heterocycles.